The van der Waals surface area contributed by atoms with Crippen molar-refractivity contribution in [1.82, 2.24) is 0 Å². The smallest absolute Gasteiger partial charge is 0.387 e. The summed E-state index contributed by atoms with van der Waals surface area (Å²) in [5.74, 6) is 0.0972. The van der Waals surface area contributed by atoms with Crippen LogP contribution in [0.4, 0.5) is 14.5 Å². The van der Waals surface area contributed by atoms with Crippen LogP contribution >= 0.6 is 23.2 Å². The Kier molecular flexibility index (Phi) is 6.78. The average Bonchev–Trinajstić information content (AvgIpc) is 2.32. The number of hydrogen-bond donors (Lipinski definition) is 1. The van der Waals surface area contributed by atoms with E-state index in [1.54, 1.807) is 0 Å². The van der Waals surface area contributed by atoms with Gasteiger partial charge in [-0.2, -0.15) is 8.78 Å². The first-order valence-corrected chi connectivity index (χ1v) is 8.21. The molecule has 0 bridgehead atoms. The minimum atomic E-state index is -3.52. The van der Waals surface area contributed by atoms with E-state index in [1.165, 1.54) is 18.2 Å². The molecule has 114 valence electrons. The first-order chi connectivity index (χ1) is 9.34. The van der Waals surface area contributed by atoms with Gasteiger partial charge in [0.05, 0.1) is 16.5 Å². The summed E-state index contributed by atoms with van der Waals surface area (Å²) >= 11 is 11.2. The molecule has 0 aliphatic rings. The molecule has 0 fully saturated rings. The first kappa shape index (κ1) is 17.3. The molecule has 0 atom stereocenters. The van der Waals surface area contributed by atoms with E-state index in [1.807, 2.05) is 0 Å². The Balaban J connectivity index is 2.71. The molecule has 0 aliphatic heterocycles. The van der Waals surface area contributed by atoms with Crippen molar-refractivity contribution in [3.63, 3.8) is 0 Å². The quantitative estimate of drug-likeness (QED) is 0.576. The second kappa shape index (κ2) is 7.85. The molecule has 0 aliphatic carbocycles. The fourth-order valence-electron chi connectivity index (χ4n) is 1.37. The number of alkyl halides is 3. The lowest BCUT2D eigenvalue weighted by molar-refractivity contribution is -0.0497. The molecule has 1 rings (SSSR count). The number of anilines is 1. The number of rotatable bonds is 8. The van der Waals surface area contributed by atoms with Crippen LogP contribution in [0.2, 0.25) is 5.02 Å². The fourth-order valence-corrected chi connectivity index (χ4v) is 2.96. The second-order valence-corrected chi connectivity index (χ2v) is 6.47. The highest BCUT2D eigenvalue weighted by Gasteiger charge is 2.13. The van der Waals surface area contributed by atoms with Crippen LogP contribution in [0.25, 0.3) is 0 Å². The van der Waals surface area contributed by atoms with Crippen molar-refractivity contribution < 1.29 is 21.9 Å². The number of sulfonamides is 1. The third kappa shape index (κ3) is 6.11. The van der Waals surface area contributed by atoms with Crippen LogP contribution in [-0.2, 0) is 10.0 Å². The van der Waals surface area contributed by atoms with Crippen molar-refractivity contribution >= 4 is 38.9 Å². The van der Waals surface area contributed by atoms with Crippen molar-refractivity contribution in [3.05, 3.63) is 23.2 Å². The summed E-state index contributed by atoms with van der Waals surface area (Å²) in [4.78, 5) is 0. The van der Waals surface area contributed by atoms with E-state index in [0.717, 1.165) is 0 Å². The summed E-state index contributed by atoms with van der Waals surface area (Å²) in [5, 5.41) is -0.105. The second-order valence-electron chi connectivity index (χ2n) is 3.84. The number of ether oxygens (including phenoxy) is 1. The summed E-state index contributed by atoms with van der Waals surface area (Å²) in [6, 6.07) is 3.67. The highest BCUT2D eigenvalue weighted by molar-refractivity contribution is 7.92. The molecule has 0 unspecified atom stereocenters. The standard InChI is InChI=1S/C11H13Cl2F2NO3S/c12-5-1-2-6-20(17,18)16-8-3-4-10(9(13)7-8)19-11(14)15/h3-4,7,11,16H,1-2,5-6H2. The third-order valence-corrected chi connectivity index (χ3v) is 4.15. The van der Waals surface area contributed by atoms with Gasteiger partial charge < -0.3 is 4.74 Å². The van der Waals surface area contributed by atoms with Gasteiger partial charge in [0.2, 0.25) is 10.0 Å². The van der Waals surface area contributed by atoms with Crippen LogP contribution in [0.5, 0.6) is 5.75 Å². The van der Waals surface area contributed by atoms with Gasteiger partial charge in [-0.05, 0) is 31.0 Å². The molecular weight excluding hydrogens is 335 g/mol. The lowest BCUT2D eigenvalue weighted by Crippen LogP contribution is -2.16. The minimum Gasteiger partial charge on any atom is -0.433 e. The van der Waals surface area contributed by atoms with Gasteiger partial charge in [-0.3, -0.25) is 4.72 Å². The molecule has 20 heavy (non-hydrogen) atoms. The maximum Gasteiger partial charge on any atom is 0.387 e. The lowest BCUT2D eigenvalue weighted by Gasteiger charge is -2.10. The number of unbranched alkanes of at least 4 members (excludes halogenated alkanes) is 1. The van der Waals surface area contributed by atoms with Crippen molar-refractivity contribution in [3.8, 4) is 5.75 Å². The maximum absolute atomic E-state index is 12.0. The first-order valence-electron chi connectivity index (χ1n) is 5.65. The van der Waals surface area contributed by atoms with E-state index >= 15 is 0 Å². The molecule has 0 amide bonds. The van der Waals surface area contributed by atoms with E-state index in [4.69, 9.17) is 23.2 Å². The molecule has 1 aromatic carbocycles. The summed E-state index contributed by atoms with van der Waals surface area (Å²) in [6.45, 7) is -2.99. The summed E-state index contributed by atoms with van der Waals surface area (Å²) in [6.07, 6.45) is 1.02. The minimum absolute atomic E-state index is 0.0768. The van der Waals surface area contributed by atoms with Gasteiger partial charge in [-0.25, -0.2) is 8.42 Å². The van der Waals surface area contributed by atoms with Crippen LogP contribution in [0, 0.1) is 0 Å². The topological polar surface area (TPSA) is 55.4 Å². The molecule has 9 heteroatoms. The maximum atomic E-state index is 12.0. The zero-order valence-corrected chi connectivity index (χ0v) is 12.6. The van der Waals surface area contributed by atoms with Crippen LogP contribution in [0.1, 0.15) is 12.8 Å². The van der Waals surface area contributed by atoms with Gasteiger partial charge >= 0.3 is 6.61 Å². The summed E-state index contributed by atoms with van der Waals surface area (Å²) in [7, 11) is -3.52. The normalized spacial score (nSPS) is 11.7. The van der Waals surface area contributed by atoms with Gasteiger partial charge in [0.15, 0.2) is 0 Å². The van der Waals surface area contributed by atoms with E-state index in [2.05, 4.69) is 9.46 Å². The van der Waals surface area contributed by atoms with E-state index < -0.39 is 16.6 Å². The van der Waals surface area contributed by atoms with Crippen molar-refractivity contribution in [2.45, 2.75) is 19.5 Å². The molecule has 0 aromatic heterocycles. The highest BCUT2D eigenvalue weighted by atomic mass is 35.5. The van der Waals surface area contributed by atoms with Gasteiger partial charge in [0.25, 0.3) is 0 Å². The van der Waals surface area contributed by atoms with Crippen LogP contribution in [-0.4, -0.2) is 26.7 Å². The van der Waals surface area contributed by atoms with Crippen molar-refractivity contribution in [2.75, 3.05) is 16.4 Å². The van der Waals surface area contributed by atoms with Crippen LogP contribution in [0.15, 0.2) is 18.2 Å². The Bertz CT molecular complexity index is 540. The van der Waals surface area contributed by atoms with Crippen molar-refractivity contribution in [1.29, 1.82) is 0 Å². The predicted molar refractivity (Wildman–Crippen MR) is 75.4 cm³/mol. The number of nitrogens with one attached hydrogen (secondary N) is 1. The molecule has 0 spiro atoms. The number of hydrogen-bond acceptors (Lipinski definition) is 3. The van der Waals surface area contributed by atoms with E-state index in [9.17, 15) is 17.2 Å². The average molecular weight is 348 g/mol. The predicted octanol–water partition coefficient (Wildman–Crippen LogP) is 3.70. The molecule has 1 N–H and O–H groups in total. The Hall–Kier alpha value is -0.790. The number of halogens is 4. The van der Waals surface area contributed by atoms with Crippen molar-refractivity contribution in [2.24, 2.45) is 0 Å². The van der Waals surface area contributed by atoms with Crippen LogP contribution in [0.3, 0.4) is 0 Å². The Morgan fingerprint density at radius 3 is 2.55 bits per heavy atom. The highest BCUT2D eigenvalue weighted by Crippen LogP contribution is 2.29. The zero-order valence-electron chi connectivity index (χ0n) is 10.3. The molecule has 0 heterocycles. The monoisotopic (exact) mass is 347 g/mol. The Morgan fingerprint density at radius 1 is 1.30 bits per heavy atom. The lowest BCUT2D eigenvalue weighted by atomic mass is 10.3. The molecule has 1 aromatic rings. The molecule has 4 nitrogen and oxygen atoms in total. The summed E-state index contributed by atoms with van der Waals surface area (Å²) in [5.41, 5.74) is 0.183. The van der Waals surface area contributed by atoms with E-state index in [0.29, 0.717) is 18.7 Å². The van der Waals surface area contributed by atoms with Gasteiger partial charge in [-0.15, -0.1) is 11.6 Å². The van der Waals surface area contributed by atoms with Gasteiger partial charge in [0.1, 0.15) is 5.75 Å². The SMILES string of the molecule is O=S(=O)(CCCCCl)Nc1ccc(OC(F)F)c(Cl)c1. The molecule has 0 saturated carbocycles. The summed E-state index contributed by atoms with van der Waals surface area (Å²) < 4.78 is 53.9. The van der Waals surface area contributed by atoms with Gasteiger partial charge in [-0.1, -0.05) is 11.6 Å². The van der Waals surface area contributed by atoms with Gasteiger partial charge in [0, 0.05) is 5.88 Å². The fraction of sp³-hybridized carbons (Fsp3) is 0.455. The molecular formula is C11H13Cl2F2NO3S. The Labute approximate surface area is 126 Å². The largest absolute Gasteiger partial charge is 0.433 e. The Morgan fingerprint density at radius 2 is 2.00 bits per heavy atom. The zero-order chi connectivity index (χ0) is 15.2. The number of benzene rings is 1. The molecule has 0 saturated heterocycles. The third-order valence-electron chi connectivity index (χ3n) is 2.22. The van der Waals surface area contributed by atoms with Crippen LogP contribution < -0.4 is 9.46 Å². The van der Waals surface area contributed by atoms with E-state index in [-0.39, 0.29) is 22.2 Å². The molecule has 0 radical (unpaired) electrons.